The molecule has 1 saturated carbocycles. The molecular formula is C19H18F3N3O. The highest BCUT2D eigenvalue weighted by atomic mass is 19.4. The predicted octanol–water partition coefficient (Wildman–Crippen LogP) is 3.74. The number of hydrogen-bond donors (Lipinski definition) is 1. The molecule has 136 valence electrons. The Kier molecular flexibility index (Phi) is 5.35. The van der Waals surface area contributed by atoms with Crippen LogP contribution in [0.5, 0.6) is 0 Å². The van der Waals surface area contributed by atoms with E-state index in [9.17, 15) is 18.0 Å². The lowest BCUT2D eigenvalue weighted by Gasteiger charge is -2.10. The summed E-state index contributed by atoms with van der Waals surface area (Å²) in [5, 5.41) is 2.64. The molecule has 0 saturated heterocycles. The number of alkyl halides is 3. The van der Waals surface area contributed by atoms with Crippen molar-refractivity contribution in [1.29, 1.82) is 0 Å². The summed E-state index contributed by atoms with van der Waals surface area (Å²) < 4.78 is 38.9. The number of aromatic nitrogens is 2. The fraction of sp³-hybridized carbons (Fsp3) is 0.316. The second-order valence-corrected chi connectivity index (χ2v) is 6.15. The zero-order chi connectivity index (χ0) is 18.6. The van der Waals surface area contributed by atoms with E-state index in [4.69, 9.17) is 0 Å². The molecule has 1 amide bonds. The van der Waals surface area contributed by atoms with Crippen molar-refractivity contribution in [2.24, 2.45) is 0 Å². The molecular weight excluding hydrogens is 343 g/mol. The van der Waals surface area contributed by atoms with E-state index < -0.39 is 11.9 Å². The van der Waals surface area contributed by atoms with E-state index in [0.29, 0.717) is 5.69 Å². The van der Waals surface area contributed by atoms with Crippen LogP contribution >= 0.6 is 0 Å². The van der Waals surface area contributed by atoms with Crippen molar-refractivity contribution in [3.05, 3.63) is 65.2 Å². The molecule has 1 aromatic heterocycles. The number of carbonyl (C=O) groups excluding carboxylic acids is 1. The lowest BCUT2D eigenvalue weighted by molar-refractivity contribution is -0.141. The molecule has 1 aromatic carbocycles. The van der Waals surface area contributed by atoms with Gasteiger partial charge in [-0.2, -0.15) is 13.2 Å². The fourth-order valence-electron chi connectivity index (χ4n) is 2.46. The van der Waals surface area contributed by atoms with Gasteiger partial charge in [0.25, 0.3) is 0 Å². The molecule has 0 bridgehead atoms. The summed E-state index contributed by atoms with van der Waals surface area (Å²) in [6.07, 6.45) is 0.417. The van der Waals surface area contributed by atoms with Crippen LogP contribution in [0.2, 0.25) is 0 Å². The van der Waals surface area contributed by atoms with Crippen molar-refractivity contribution in [1.82, 2.24) is 15.3 Å². The van der Waals surface area contributed by atoms with Gasteiger partial charge >= 0.3 is 6.18 Å². The number of amides is 1. The van der Waals surface area contributed by atoms with Crippen molar-refractivity contribution in [2.45, 2.75) is 31.4 Å². The standard InChI is InChI=1S/C19H18F3N3O/c20-19(21,22)16-12-15(14-7-8-14)24-17(25-16)10-11-23-18(26)9-6-13-4-2-1-3-5-13/h1-6,9,12,14H,7-8,10-11H2,(H,23,26). The first-order valence-corrected chi connectivity index (χ1v) is 8.38. The summed E-state index contributed by atoms with van der Waals surface area (Å²) in [4.78, 5) is 19.6. The predicted molar refractivity (Wildman–Crippen MR) is 91.2 cm³/mol. The Labute approximate surface area is 149 Å². The Morgan fingerprint density at radius 1 is 1.19 bits per heavy atom. The Morgan fingerprint density at radius 2 is 1.92 bits per heavy atom. The third kappa shape index (κ3) is 5.15. The number of hydrogen-bond acceptors (Lipinski definition) is 3. The normalized spacial score (nSPS) is 14.6. The third-order valence-corrected chi connectivity index (χ3v) is 3.95. The first-order chi connectivity index (χ1) is 12.4. The van der Waals surface area contributed by atoms with Gasteiger partial charge in [0.1, 0.15) is 11.5 Å². The van der Waals surface area contributed by atoms with Gasteiger partial charge in [0, 0.05) is 30.7 Å². The van der Waals surface area contributed by atoms with E-state index in [1.54, 1.807) is 6.08 Å². The maximum absolute atomic E-state index is 13.0. The lowest BCUT2D eigenvalue weighted by atomic mass is 10.2. The first kappa shape index (κ1) is 18.1. The number of nitrogens with zero attached hydrogens (tertiary/aromatic N) is 2. The van der Waals surface area contributed by atoms with E-state index in [2.05, 4.69) is 15.3 Å². The summed E-state index contributed by atoms with van der Waals surface area (Å²) in [5.41, 5.74) is 0.412. The fourth-order valence-corrected chi connectivity index (χ4v) is 2.46. The quantitative estimate of drug-likeness (QED) is 0.798. The summed E-state index contributed by atoms with van der Waals surface area (Å²) >= 11 is 0. The molecule has 0 spiro atoms. The summed E-state index contributed by atoms with van der Waals surface area (Å²) in [5.74, 6) is -0.112. The van der Waals surface area contributed by atoms with Crippen molar-refractivity contribution in [3.63, 3.8) is 0 Å². The Hall–Kier alpha value is -2.70. The van der Waals surface area contributed by atoms with Crippen LogP contribution < -0.4 is 5.32 Å². The molecule has 0 atom stereocenters. The number of carbonyl (C=O) groups is 1. The van der Waals surface area contributed by atoms with Gasteiger partial charge in [-0.3, -0.25) is 4.79 Å². The van der Waals surface area contributed by atoms with E-state index in [1.165, 1.54) is 6.08 Å². The van der Waals surface area contributed by atoms with Gasteiger partial charge in [0.05, 0.1) is 0 Å². The van der Waals surface area contributed by atoms with Gasteiger partial charge in [-0.25, -0.2) is 9.97 Å². The molecule has 26 heavy (non-hydrogen) atoms. The molecule has 4 nitrogen and oxygen atoms in total. The second kappa shape index (κ2) is 7.68. The van der Waals surface area contributed by atoms with Crippen LogP contribution in [-0.4, -0.2) is 22.4 Å². The Balaban J connectivity index is 1.58. The maximum atomic E-state index is 13.0. The molecule has 1 fully saturated rings. The van der Waals surface area contributed by atoms with Crippen LogP contribution in [0.3, 0.4) is 0 Å². The summed E-state index contributed by atoms with van der Waals surface area (Å²) in [6.45, 7) is 0.170. The smallest absolute Gasteiger partial charge is 0.352 e. The average molecular weight is 361 g/mol. The van der Waals surface area contributed by atoms with Crippen LogP contribution in [0.15, 0.2) is 42.5 Å². The minimum Gasteiger partial charge on any atom is -0.352 e. The van der Waals surface area contributed by atoms with Gasteiger partial charge in [-0.1, -0.05) is 30.3 Å². The molecule has 1 aliphatic rings. The number of halogens is 3. The molecule has 0 unspecified atom stereocenters. The largest absolute Gasteiger partial charge is 0.433 e. The van der Waals surface area contributed by atoms with E-state index in [-0.39, 0.29) is 30.6 Å². The van der Waals surface area contributed by atoms with Crippen molar-refractivity contribution >= 4 is 12.0 Å². The minimum absolute atomic E-state index is 0.0984. The zero-order valence-corrected chi connectivity index (χ0v) is 14.0. The molecule has 0 aliphatic heterocycles. The molecule has 3 rings (SSSR count). The summed E-state index contributed by atoms with van der Waals surface area (Å²) in [6, 6.07) is 10.4. The van der Waals surface area contributed by atoms with Crippen LogP contribution in [0.1, 0.15) is 41.5 Å². The SMILES string of the molecule is O=C(C=Cc1ccccc1)NCCc1nc(C2CC2)cc(C(F)(F)F)n1. The Bertz CT molecular complexity index is 799. The highest BCUT2D eigenvalue weighted by molar-refractivity contribution is 5.91. The van der Waals surface area contributed by atoms with Crippen molar-refractivity contribution in [3.8, 4) is 0 Å². The van der Waals surface area contributed by atoms with E-state index in [0.717, 1.165) is 24.5 Å². The average Bonchev–Trinajstić information content (AvgIpc) is 3.45. The topological polar surface area (TPSA) is 54.9 Å². The minimum atomic E-state index is -4.50. The zero-order valence-electron chi connectivity index (χ0n) is 14.0. The Morgan fingerprint density at radius 3 is 2.58 bits per heavy atom. The van der Waals surface area contributed by atoms with Gasteiger partial charge in [-0.15, -0.1) is 0 Å². The summed E-state index contributed by atoms with van der Waals surface area (Å²) in [7, 11) is 0. The van der Waals surface area contributed by atoms with E-state index in [1.807, 2.05) is 30.3 Å². The monoisotopic (exact) mass is 361 g/mol. The second-order valence-electron chi connectivity index (χ2n) is 6.15. The molecule has 1 N–H and O–H groups in total. The van der Waals surface area contributed by atoms with Gasteiger partial charge in [-0.05, 0) is 30.5 Å². The van der Waals surface area contributed by atoms with Gasteiger partial charge in [0.2, 0.25) is 5.91 Å². The van der Waals surface area contributed by atoms with Crippen molar-refractivity contribution in [2.75, 3.05) is 6.54 Å². The molecule has 1 heterocycles. The first-order valence-electron chi connectivity index (χ1n) is 8.38. The third-order valence-electron chi connectivity index (χ3n) is 3.95. The maximum Gasteiger partial charge on any atom is 0.433 e. The highest BCUT2D eigenvalue weighted by Gasteiger charge is 2.35. The van der Waals surface area contributed by atoms with Gasteiger partial charge in [0.15, 0.2) is 0 Å². The van der Waals surface area contributed by atoms with Gasteiger partial charge < -0.3 is 5.32 Å². The molecule has 7 heteroatoms. The van der Waals surface area contributed by atoms with Crippen molar-refractivity contribution < 1.29 is 18.0 Å². The van der Waals surface area contributed by atoms with E-state index >= 15 is 0 Å². The molecule has 0 radical (unpaired) electrons. The number of rotatable bonds is 6. The lowest BCUT2D eigenvalue weighted by Crippen LogP contribution is -2.24. The van der Waals surface area contributed by atoms with Crippen LogP contribution in [0.4, 0.5) is 13.2 Å². The van der Waals surface area contributed by atoms with Crippen LogP contribution in [0.25, 0.3) is 6.08 Å². The van der Waals surface area contributed by atoms with Crippen LogP contribution in [0, 0.1) is 0 Å². The number of benzene rings is 1. The molecule has 1 aliphatic carbocycles. The molecule has 2 aromatic rings. The highest BCUT2D eigenvalue weighted by Crippen LogP contribution is 2.40. The number of nitrogens with one attached hydrogen (secondary N) is 1. The van der Waals surface area contributed by atoms with Crippen LogP contribution in [-0.2, 0) is 17.4 Å².